The summed E-state index contributed by atoms with van der Waals surface area (Å²) in [7, 11) is 0. The summed E-state index contributed by atoms with van der Waals surface area (Å²) in [6.07, 6.45) is 0. The summed E-state index contributed by atoms with van der Waals surface area (Å²) in [5, 5.41) is 0.565. The molecule has 0 bridgehead atoms. The van der Waals surface area contributed by atoms with E-state index < -0.39 is 5.91 Å². The normalized spacial score (nSPS) is 10.7. The molecule has 0 saturated carbocycles. The molecule has 94 valence electrons. The molecule has 0 aromatic heterocycles. The van der Waals surface area contributed by atoms with Gasteiger partial charge in [0.1, 0.15) is 5.75 Å². The zero-order chi connectivity index (χ0) is 13.2. The Morgan fingerprint density at radius 3 is 2.53 bits per heavy atom. The molecule has 0 heterocycles. The van der Waals surface area contributed by atoms with Gasteiger partial charge in [0.2, 0.25) is 0 Å². The van der Waals surface area contributed by atoms with E-state index in [2.05, 4.69) is 0 Å². The number of benzene rings is 1. The molecule has 0 aliphatic carbocycles. The first-order valence-corrected chi connectivity index (χ1v) is 5.94. The summed E-state index contributed by atoms with van der Waals surface area (Å²) in [5.74, 6) is 0.390. The lowest BCUT2D eigenvalue weighted by Crippen LogP contribution is -2.17. The Balaban J connectivity index is 3.23. The lowest BCUT2D eigenvalue weighted by Gasteiger charge is -2.15. The van der Waals surface area contributed by atoms with Gasteiger partial charge in [0, 0.05) is 5.02 Å². The van der Waals surface area contributed by atoms with Crippen LogP contribution >= 0.6 is 11.6 Å². The van der Waals surface area contributed by atoms with Gasteiger partial charge in [-0.05, 0) is 37.0 Å². The van der Waals surface area contributed by atoms with E-state index >= 15 is 0 Å². The third-order valence-corrected chi connectivity index (χ3v) is 3.04. The zero-order valence-corrected chi connectivity index (χ0v) is 11.4. The molecular formula is C13H18ClNO2. The summed E-state index contributed by atoms with van der Waals surface area (Å²) >= 11 is 6.10. The van der Waals surface area contributed by atoms with Crippen molar-refractivity contribution in [3.8, 4) is 5.75 Å². The lowest BCUT2D eigenvalue weighted by molar-refractivity contribution is 0.0995. The van der Waals surface area contributed by atoms with Gasteiger partial charge in [0.25, 0.3) is 5.91 Å². The number of hydrogen-bond donors (Lipinski definition) is 1. The summed E-state index contributed by atoms with van der Waals surface area (Å²) in [6.45, 7) is 8.28. The fourth-order valence-electron chi connectivity index (χ4n) is 1.60. The van der Waals surface area contributed by atoms with Crippen LogP contribution in [0.15, 0.2) is 6.07 Å². The third kappa shape index (κ3) is 3.13. The van der Waals surface area contributed by atoms with Crippen molar-refractivity contribution in [2.24, 2.45) is 11.7 Å². The predicted octanol–water partition coefficient (Wildman–Crippen LogP) is 3.09. The fraction of sp³-hybridized carbons (Fsp3) is 0.462. The number of carbonyl (C=O) groups is 1. The van der Waals surface area contributed by atoms with Crippen LogP contribution in [0.2, 0.25) is 5.02 Å². The summed E-state index contributed by atoms with van der Waals surface area (Å²) in [5.41, 5.74) is 7.30. The molecule has 1 amide bonds. The number of halogens is 1. The van der Waals surface area contributed by atoms with Crippen molar-refractivity contribution in [3.05, 3.63) is 27.8 Å². The molecular weight excluding hydrogens is 238 g/mol. The van der Waals surface area contributed by atoms with Crippen LogP contribution in [-0.2, 0) is 0 Å². The first kappa shape index (κ1) is 13.8. The molecule has 1 aromatic carbocycles. The molecule has 0 radical (unpaired) electrons. The van der Waals surface area contributed by atoms with E-state index in [0.717, 1.165) is 5.56 Å². The molecule has 2 N–H and O–H groups in total. The van der Waals surface area contributed by atoms with Crippen LogP contribution in [0.4, 0.5) is 0 Å². The Kier molecular flexibility index (Phi) is 4.40. The molecule has 17 heavy (non-hydrogen) atoms. The number of nitrogens with two attached hydrogens (primary N) is 1. The van der Waals surface area contributed by atoms with Gasteiger partial charge in [-0.3, -0.25) is 4.79 Å². The van der Waals surface area contributed by atoms with E-state index in [9.17, 15) is 4.79 Å². The molecule has 0 spiro atoms. The van der Waals surface area contributed by atoms with Crippen LogP contribution in [0.25, 0.3) is 0 Å². The average Bonchev–Trinajstić information content (AvgIpc) is 2.22. The molecule has 0 aliphatic rings. The van der Waals surface area contributed by atoms with Gasteiger partial charge in [-0.1, -0.05) is 25.4 Å². The van der Waals surface area contributed by atoms with E-state index in [4.69, 9.17) is 22.1 Å². The van der Waals surface area contributed by atoms with E-state index in [1.54, 1.807) is 13.0 Å². The van der Waals surface area contributed by atoms with Gasteiger partial charge in [-0.15, -0.1) is 0 Å². The van der Waals surface area contributed by atoms with Gasteiger partial charge >= 0.3 is 0 Å². The average molecular weight is 256 g/mol. The topological polar surface area (TPSA) is 52.3 Å². The van der Waals surface area contributed by atoms with E-state index in [1.807, 2.05) is 20.8 Å². The third-order valence-electron chi connectivity index (χ3n) is 2.46. The number of ether oxygens (including phenoxy) is 1. The standard InChI is InChI=1S/C13H18ClNO2/c1-7(2)6-17-10-5-8(3)12(14)9(4)11(10)13(15)16/h5,7H,6H2,1-4H3,(H2,15,16). The fourth-order valence-corrected chi connectivity index (χ4v) is 1.75. The minimum atomic E-state index is -0.511. The van der Waals surface area contributed by atoms with E-state index in [1.165, 1.54) is 0 Å². The van der Waals surface area contributed by atoms with Gasteiger partial charge in [-0.2, -0.15) is 0 Å². The first-order valence-electron chi connectivity index (χ1n) is 5.56. The van der Waals surface area contributed by atoms with Crippen LogP contribution in [-0.4, -0.2) is 12.5 Å². The monoisotopic (exact) mass is 255 g/mol. The predicted molar refractivity (Wildman–Crippen MR) is 69.8 cm³/mol. The molecule has 0 fully saturated rings. The maximum absolute atomic E-state index is 11.4. The number of primary amides is 1. The molecule has 0 atom stereocenters. The summed E-state index contributed by atoms with van der Waals surface area (Å²) < 4.78 is 5.62. The minimum absolute atomic E-state index is 0.376. The zero-order valence-electron chi connectivity index (χ0n) is 10.6. The van der Waals surface area contributed by atoms with Crippen LogP contribution in [0.3, 0.4) is 0 Å². The highest BCUT2D eigenvalue weighted by Crippen LogP contribution is 2.31. The molecule has 0 aliphatic heterocycles. The highest BCUT2D eigenvalue weighted by molar-refractivity contribution is 6.32. The smallest absolute Gasteiger partial charge is 0.252 e. The number of aryl methyl sites for hydroxylation is 1. The van der Waals surface area contributed by atoms with Crippen LogP contribution in [0, 0.1) is 19.8 Å². The largest absolute Gasteiger partial charge is 0.492 e. The molecule has 0 unspecified atom stereocenters. The maximum atomic E-state index is 11.4. The van der Waals surface area contributed by atoms with Crippen LogP contribution in [0.1, 0.15) is 35.3 Å². The molecule has 0 saturated heterocycles. The van der Waals surface area contributed by atoms with Gasteiger partial charge in [-0.25, -0.2) is 0 Å². The second-order valence-electron chi connectivity index (χ2n) is 4.57. The quantitative estimate of drug-likeness (QED) is 0.899. The SMILES string of the molecule is Cc1cc(OCC(C)C)c(C(N)=O)c(C)c1Cl. The molecule has 1 rings (SSSR count). The lowest BCUT2D eigenvalue weighted by atomic mass is 10.0. The van der Waals surface area contributed by atoms with E-state index in [-0.39, 0.29) is 0 Å². The highest BCUT2D eigenvalue weighted by Gasteiger charge is 2.17. The van der Waals surface area contributed by atoms with Gasteiger partial charge < -0.3 is 10.5 Å². The van der Waals surface area contributed by atoms with Crippen molar-refractivity contribution in [2.75, 3.05) is 6.61 Å². The Hall–Kier alpha value is -1.22. The van der Waals surface area contributed by atoms with Crippen molar-refractivity contribution in [1.29, 1.82) is 0 Å². The number of amides is 1. The minimum Gasteiger partial charge on any atom is -0.492 e. The summed E-state index contributed by atoms with van der Waals surface area (Å²) in [4.78, 5) is 11.4. The molecule has 1 aromatic rings. The Morgan fingerprint density at radius 2 is 2.06 bits per heavy atom. The number of hydrogen-bond acceptors (Lipinski definition) is 2. The van der Waals surface area contributed by atoms with Crippen LogP contribution < -0.4 is 10.5 Å². The van der Waals surface area contributed by atoms with E-state index in [0.29, 0.717) is 34.4 Å². The molecule has 4 heteroatoms. The highest BCUT2D eigenvalue weighted by atomic mass is 35.5. The second-order valence-corrected chi connectivity index (χ2v) is 4.95. The van der Waals surface area contributed by atoms with Gasteiger partial charge in [0.05, 0.1) is 12.2 Å². The van der Waals surface area contributed by atoms with Crippen molar-refractivity contribution >= 4 is 17.5 Å². The Bertz CT molecular complexity index is 442. The Labute approximate surface area is 107 Å². The van der Waals surface area contributed by atoms with Crippen molar-refractivity contribution in [3.63, 3.8) is 0 Å². The van der Waals surface area contributed by atoms with Crippen molar-refractivity contribution in [1.82, 2.24) is 0 Å². The van der Waals surface area contributed by atoms with Crippen molar-refractivity contribution in [2.45, 2.75) is 27.7 Å². The number of rotatable bonds is 4. The molecule has 3 nitrogen and oxygen atoms in total. The Morgan fingerprint density at radius 1 is 1.47 bits per heavy atom. The first-order chi connectivity index (χ1) is 7.84. The number of carbonyl (C=O) groups excluding carboxylic acids is 1. The maximum Gasteiger partial charge on any atom is 0.252 e. The van der Waals surface area contributed by atoms with Crippen molar-refractivity contribution < 1.29 is 9.53 Å². The van der Waals surface area contributed by atoms with Crippen LogP contribution in [0.5, 0.6) is 5.75 Å². The van der Waals surface area contributed by atoms with Gasteiger partial charge in [0.15, 0.2) is 0 Å². The second kappa shape index (κ2) is 5.41. The summed E-state index contributed by atoms with van der Waals surface area (Å²) in [6, 6.07) is 1.76.